The Kier molecular flexibility index (Phi) is 2.77. The van der Waals surface area contributed by atoms with Crippen LogP contribution < -0.4 is 0 Å². The predicted molar refractivity (Wildman–Crippen MR) is 75.5 cm³/mol. The zero-order valence-electron chi connectivity index (χ0n) is 12.7. The summed E-state index contributed by atoms with van der Waals surface area (Å²) in [5.74, 6) is -1.47. The van der Waals surface area contributed by atoms with Crippen molar-refractivity contribution in [2.45, 2.75) is 57.3 Å². The van der Waals surface area contributed by atoms with Crippen LogP contribution in [0.4, 0.5) is 0 Å². The van der Waals surface area contributed by atoms with Crippen molar-refractivity contribution in [3.05, 3.63) is 11.6 Å². The molecule has 2 heterocycles. The van der Waals surface area contributed by atoms with Crippen LogP contribution >= 0.6 is 0 Å². The molecular formula is C17H22O4. The third-order valence-corrected chi connectivity index (χ3v) is 6.20. The van der Waals surface area contributed by atoms with Crippen molar-refractivity contribution >= 4 is 11.6 Å². The van der Waals surface area contributed by atoms with Crippen LogP contribution in [0.3, 0.4) is 0 Å². The van der Waals surface area contributed by atoms with Gasteiger partial charge in [-0.15, -0.1) is 0 Å². The first kappa shape index (κ1) is 13.6. The third kappa shape index (κ3) is 1.48. The van der Waals surface area contributed by atoms with Gasteiger partial charge >= 0.3 is 0 Å². The summed E-state index contributed by atoms with van der Waals surface area (Å²) in [6, 6.07) is 0. The van der Waals surface area contributed by atoms with E-state index in [9.17, 15) is 9.59 Å². The molecule has 2 aliphatic carbocycles. The first-order valence-corrected chi connectivity index (χ1v) is 8.02. The summed E-state index contributed by atoms with van der Waals surface area (Å²) in [5.41, 5.74) is 0.458. The SMILES string of the molecule is COC12OC3CCC1(C)C(=O)[C@@H](C1=CCCC1)[C@@H]2C(=O)C3. The van der Waals surface area contributed by atoms with E-state index in [0.717, 1.165) is 37.7 Å². The van der Waals surface area contributed by atoms with E-state index in [0.29, 0.717) is 6.42 Å². The molecule has 4 heteroatoms. The van der Waals surface area contributed by atoms with Crippen LogP contribution in [-0.2, 0) is 19.1 Å². The number of ketones is 2. The van der Waals surface area contributed by atoms with Gasteiger partial charge in [0.25, 0.3) is 0 Å². The number of Topliss-reactive ketones (excluding diaryl/α,β-unsaturated/α-hetero) is 2. The summed E-state index contributed by atoms with van der Waals surface area (Å²) in [6.07, 6.45) is 7.08. The Morgan fingerprint density at radius 1 is 1.38 bits per heavy atom. The van der Waals surface area contributed by atoms with Crippen molar-refractivity contribution in [3.63, 3.8) is 0 Å². The summed E-state index contributed by atoms with van der Waals surface area (Å²) in [5, 5.41) is 0. The van der Waals surface area contributed by atoms with Crippen LogP contribution in [0, 0.1) is 17.3 Å². The van der Waals surface area contributed by atoms with Gasteiger partial charge in [0.2, 0.25) is 0 Å². The number of hydrogen-bond acceptors (Lipinski definition) is 4. The largest absolute Gasteiger partial charge is 0.351 e. The summed E-state index contributed by atoms with van der Waals surface area (Å²) in [4.78, 5) is 25.9. The van der Waals surface area contributed by atoms with Gasteiger partial charge in [-0.2, -0.15) is 0 Å². The lowest BCUT2D eigenvalue weighted by atomic mass is 9.70. The second-order valence-electron chi connectivity index (χ2n) is 7.14. The molecular weight excluding hydrogens is 268 g/mol. The van der Waals surface area contributed by atoms with Crippen LogP contribution in [0.2, 0.25) is 0 Å². The molecule has 4 nitrogen and oxygen atoms in total. The lowest BCUT2D eigenvalue weighted by Gasteiger charge is -2.52. The highest BCUT2D eigenvalue weighted by molar-refractivity contribution is 6.01. The molecule has 3 fully saturated rings. The van der Waals surface area contributed by atoms with Crippen molar-refractivity contribution in [2.75, 3.05) is 7.11 Å². The van der Waals surface area contributed by atoms with Gasteiger partial charge < -0.3 is 9.47 Å². The van der Waals surface area contributed by atoms with Gasteiger partial charge in [-0.1, -0.05) is 11.6 Å². The standard InChI is InChI=1S/C17H22O4/c1-16-8-7-11-9-12(18)14(17(16,20-2)21-11)13(15(16)19)10-5-3-4-6-10/h5,11,13-14H,3-4,6-9H2,1-2H3/t11?,13-,14-,16?,17?/m0/s1. The first-order chi connectivity index (χ1) is 10.0. The van der Waals surface area contributed by atoms with Gasteiger partial charge in [-0.3, -0.25) is 9.59 Å². The van der Waals surface area contributed by atoms with E-state index in [1.165, 1.54) is 0 Å². The number of carbonyl (C=O) groups excluding carboxylic acids is 2. The molecule has 5 atom stereocenters. The third-order valence-electron chi connectivity index (χ3n) is 6.20. The van der Waals surface area contributed by atoms with E-state index in [2.05, 4.69) is 6.08 Å². The molecule has 0 radical (unpaired) electrons. The average molecular weight is 290 g/mol. The maximum atomic E-state index is 13.2. The highest BCUT2D eigenvalue weighted by atomic mass is 16.7. The second kappa shape index (κ2) is 4.26. The number of carbonyl (C=O) groups is 2. The monoisotopic (exact) mass is 290 g/mol. The number of rotatable bonds is 2. The van der Waals surface area contributed by atoms with Crippen LogP contribution in [-0.4, -0.2) is 30.6 Å². The minimum Gasteiger partial charge on any atom is -0.351 e. The Hall–Kier alpha value is -1.00. The summed E-state index contributed by atoms with van der Waals surface area (Å²) >= 11 is 0. The predicted octanol–water partition coefficient (Wildman–Crippen LogP) is 2.41. The molecule has 0 amide bonds. The lowest BCUT2D eigenvalue weighted by molar-refractivity contribution is -0.334. The topological polar surface area (TPSA) is 52.6 Å². The zero-order chi connectivity index (χ0) is 14.8. The van der Waals surface area contributed by atoms with Crippen LogP contribution in [0.25, 0.3) is 0 Å². The minimum absolute atomic E-state index is 0.0779. The molecule has 0 aromatic carbocycles. The highest BCUT2D eigenvalue weighted by Crippen LogP contribution is 2.63. The molecule has 0 spiro atoms. The summed E-state index contributed by atoms with van der Waals surface area (Å²) in [6.45, 7) is 1.94. The summed E-state index contributed by atoms with van der Waals surface area (Å²) < 4.78 is 12.0. The molecule has 0 aromatic rings. The maximum absolute atomic E-state index is 13.2. The molecule has 4 aliphatic rings. The van der Waals surface area contributed by atoms with E-state index in [1.807, 2.05) is 6.92 Å². The van der Waals surface area contributed by atoms with E-state index >= 15 is 0 Å². The number of methoxy groups -OCH3 is 1. The fourth-order valence-corrected chi connectivity index (χ4v) is 5.14. The fraction of sp³-hybridized carbons (Fsp3) is 0.765. The first-order valence-electron chi connectivity index (χ1n) is 8.02. The molecule has 0 N–H and O–H groups in total. The van der Waals surface area contributed by atoms with E-state index < -0.39 is 17.1 Å². The van der Waals surface area contributed by atoms with Crippen molar-refractivity contribution in [1.29, 1.82) is 0 Å². The van der Waals surface area contributed by atoms with Gasteiger partial charge in [0.15, 0.2) is 11.6 Å². The van der Waals surface area contributed by atoms with Gasteiger partial charge in [0, 0.05) is 13.5 Å². The van der Waals surface area contributed by atoms with Crippen molar-refractivity contribution in [3.8, 4) is 0 Å². The van der Waals surface area contributed by atoms with Crippen molar-refractivity contribution in [1.82, 2.24) is 0 Å². The summed E-state index contributed by atoms with van der Waals surface area (Å²) in [7, 11) is 1.59. The molecule has 3 unspecified atom stereocenters. The van der Waals surface area contributed by atoms with Gasteiger partial charge in [0.05, 0.1) is 23.4 Å². The van der Waals surface area contributed by atoms with Crippen LogP contribution in [0.1, 0.15) is 45.4 Å². The zero-order valence-corrected chi connectivity index (χ0v) is 12.7. The molecule has 2 bridgehead atoms. The van der Waals surface area contributed by atoms with Gasteiger partial charge in [-0.05, 0) is 39.0 Å². The molecule has 0 aromatic heterocycles. The minimum atomic E-state index is -1.03. The van der Waals surface area contributed by atoms with Crippen molar-refractivity contribution in [2.24, 2.45) is 17.3 Å². The average Bonchev–Trinajstić information content (AvgIpc) is 3.05. The number of allylic oxidation sites excluding steroid dienone is 2. The van der Waals surface area contributed by atoms with Crippen LogP contribution in [0.5, 0.6) is 0 Å². The number of ether oxygens (including phenoxy) is 2. The smallest absolute Gasteiger partial charge is 0.191 e. The Bertz CT molecular complexity index is 551. The number of fused-ring (bicyclic) bond motifs is 1. The molecule has 114 valence electrons. The molecule has 2 aliphatic heterocycles. The Morgan fingerprint density at radius 3 is 2.86 bits per heavy atom. The molecule has 4 rings (SSSR count). The second-order valence-corrected chi connectivity index (χ2v) is 7.14. The van der Waals surface area contributed by atoms with Crippen LogP contribution in [0.15, 0.2) is 11.6 Å². The Balaban J connectivity index is 1.88. The van der Waals surface area contributed by atoms with E-state index in [1.54, 1.807) is 7.11 Å². The molecule has 1 saturated carbocycles. The lowest BCUT2D eigenvalue weighted by Crippen LogP contribution is -2.62. The quantitative estimate of drug-likeness (QED) is 0.733. The highest BCUT2D eigenvalue weighted by Gasteiger charge is 2.74. The van der Waals surface area contributed by atoms with Gasteiger partial charge in [-0.25, -0.2) is 0 Å². The Morgan fingerprint density at radius 2 is 2.19 bits per heavy atom. The van der Waals surface area contributed by atoms with Gasteiger partial charge in [0.1, 0.15) is 5.78 Å². The normalized spacial score (nSPS) is 48.7. The van der Waals surface area contributed by atoms with E-state index in [4.69, 9.17) is 9.47 Å². The van der Waals surface area contributed by atoms with E-state index in [-0.39, 0.29) is 23.6 Å². The molecule has 2 saturated heterocycles. The number of hydrogen-bond donors (Lipinski definition) is 0. The fourth-order valence-electron chi connectivity index (χ4n) is 5.14. The Labute approximate surface area is 124 Å². The molecule has 21 heavy (non-hydrogen) atoms. The van der Waals surface area contributed by atoms with Crippen molar-refractivity contribution < 1.29 is 19.1 Å². The maximum Gasteiger partial charge on any atom is 0.191 e.